The molecule has 2 N–H and O–H groups in total. The molecule has 0 unspecified atom stereocenters. The molecule has 0 aromatic heterocycles. The fourth-order valence-electron chi connectivity index (χ4n) is 3.66. The van der Waals surface area contributed by atoms with Crippen molar-refractivity contribution in [3.05, 3.63) is 29.3 Å². The number of rotatable bonds is 5. The Balaban J connectivity index is 1.93. The molecule has 1 heterocycles. The summed E-state index contributed by atoms with van der Waals surface area (Å²) in [6, 6.07) is 5.43. The Kier molecular flexibility index (Phi) is 4.71. The van der Waals surface area contributed by atoms with E-state index in [9.17, 15) is 13.2 Å². The van der Waals surface area contributed by atoms with Gasteiger partial charge in [-0.1, -0.05) is 25.0 Å². The molecule has 3 rings (SSSR count). The molecule has 1 amide bonds. The predicted molar refractivity (Wildman–Crippen MR) is 93.7 cm³/mol. The van der Waals surface area contributed by atoms with Gasteiger partial charge in [-0.05, 0) is 43.9 Å². The van der Waals surface area contributed by atoms with Gasteiger partial charge in [0.05, 0.1) is 4.90 Å². The Bertz CT molecular complexity index is 733. The van der Waals surface area contributed by atoms with E-state index in [-0.39, 0.29) is 5.91 Å². The second kappa shape index (κ2) is 6.48. The van der Waals surface area contributed by atoms with Crippen LogP contribution in [0.5, 0.6) is 0 Å². The van der Waals surface area contributed by atoms with Gasteiger partial charge in [-0.15, -0.1) is 0 Å². The van der Waals surface area contributed by atoms with Crippen molar-refractivity contribution in [3.63, 3.8) is 0 Å². The van der Waals surface area contributed by atoms with Crippen molar-refractivity contribution >= 4 is 15.7 Å². The van der Waals surface area contributed by atoms with E-state index in [0.29, 0.717) is 35.8 Å². The third kappa shape index (κ3) is 2.86. The molecule has 24 heavy (non-hydrogen) atoms. The molecule has 0 spiro atoms. The fourth-order valence-corrected chi connectivity index (χ4v) is 6.06. The number of hydrogen-bond acceptors (Lipinski definition) is 4. The lowest BCUT2D eigenvalue weighted by molar-refractivity contribution is -0.123. The van der Waals surface area contributed by atoms with Gasteiger partial charge in [0.2, 0.25) is 5.91 Å². The summed E-state index contributed by atoms with van der Waals surface area (Å²) in [5.74, 6) is 0.101. The molecule has 1 saturated heterocycles. The molecule has 6 heteroatoms. The Hall–Kier alpha value is -1.40. The number of amides is 1. The molecule has 1 aromatic carbocycles. The fraction of sp³-hybridized carbons (Fsp3) is 0.611. The molecule has 2 fully saturated rings. The second-order valence-electron chi connectivity index (χ2n) is 7.21. The van der Waals surface area contributed by atoms with Gasteiger partial charge >= 0.3 is 0 Å². The molecule has 0 radical (unpaired) electrons. The summed E-state index contributed by atoms with van der Waals surface area (Å²) in [5.41, 5.74) is 1.61. The lowest BCUT2D eigenvalue weighted by Crippen LogP contribution is -2.54. The molecule has 1 aromatic rings. The molecular formula is C18H26N2O3S. The second-order valence-corrected chi connectivity index (χ2v) is 9.44. The van der Waals surface area contributed by atoms with Crippen molar-refractivity contribution in [2.24, 2.45) is 5.92 Å². The highest BCUT2D eigenvalue weighted by Crippen LogP contribution is 2.41. The number of nitrogens with one attached hydrogen (secondary N) is 2. The van der Waals surface area contributed by atoms with Crippen LogP contribution in [0.4, 0.5) is 0 Å². The van der Waals surface area contributed by atoms with E-state index in [0.717, 1.165) is 31.5 Å². The number of sulfone groups is 1. The highest BCUT2D eigenvalue weighted by molar-refractivity contribution is 7.93. The van der Waals surface area contributed by atoms with Crippen molar-refractivity contribution in [1.82, 2.24) is 10.6 Å². The Morgan fingerprint density at radius 1 is 1.25 bits per heavy atom. The van der Waals surface area contributed by atoms with Crippen LogP contribution in [-0.2, 0) is 14.6 Å². The minimum absolute atomic E-state index is 0.310. The van der Waals surface area contributed by atoms with Crippen LogP contribution in [0.2, 0.25) is 0 Å². The van der Waals surface area contributed by atoms with Crippen LogP contribution in [0, 0.1) is 19.8 Å². The van der Waals surface area contributed by atoms with E-state index in [1.54, 1.807) is 13.0 Å². The molecule has 0 bridgehead atoms. The van der Waals surface area contributed by atoms with Crippen LogP contribution in [0.1, 0.15) is 36.8 Å². The Labute approximate surface area is 144 Å². The van der Waals surface area contributed by atoms with Gasteiger partial charge in [-0.3, -0.25) is 4.79 Å². The van der Waals surface area contributed by atoms with E-state index >= 15 is 0 Å². The van der Waals surface area contributed by atoms with Crippen molar-refractivity contribution in [1.29, 1.82) is 0 Å². The van der Waals surface area contributed by atoms with Crippen LogP contribution in [0.3, 0.4) is 0 Å². The highest BCUT2D eigenvalue weighted by Gasteiger charge is 2.53. The van der Waals surface area contributed by atoms with Gasteiger partial charge < -0.3 is 10.6 Å². The number of benzene rings is 1. The summed E-state index contributed by atoms with van der Waals surface area (Å²) in [5, 5.41) is 6.08. The quantitative estimate of drug-likeness (QED) is 0.848. The standard InChI is InChI=1S/C18H26N2O3S/c1-13-5-6-14(2)16(9-13)24(22,23)18(7-3-4-8-18)17(21)20-12-15-10-19-11-15/h5-6,9,15,19H,3-4,7-8,10-12H2,1-2H3,(H,20,21). The molecule has 132 valence electrons. The molecule has 5 nitrogen and oxygen atoms in total. The maximum Gasteiger partial charge on any atom is 0.241 e. The largest absolute Gasteiger partial charge is 0.354 e. The van der Waals surface area contributed by atoms with Gasteiger partial charge in [0.15, 0.2) is 14.6 Å². The predicted octanol–water partition coefficient (Wildman–Crippen LogP) is 1.73. The average Bonchev–Trinajstić information content (AvgIpc) is 2.99. The summed E-state index contributed by atoms with van der Waals surface area (Å²) in [6.07, 6.45) is 2.39. The smallest absolute Gasteiger partial charge is 0.241 e. The first kappa shape index (κ1) is 17.4. The summed E-state index contributed by atoms with van der Waals surface area (Å²) in [6.45, 7) is 6.00. The SMILES string of the molecule is Cc1ccc(C)c(S(=O)(=O)C2(C(=O)NCC3CNC3)CCCC2)c1. The Morgan fingerprint density at radius 3 is 2.50 bits per heavy atom. The monoisotopic (exact) mass is 350 g/mol. The number of carbonyl (C=O) groups is 1. The summed E-state index contributed by atoms with van der Waals surface area (Å²) < 4.78 is 25.5. The van der Waals surface area contributed by atoms with Crippen molar-refractivity contribution in [2.45, 2.75) is 49.2 Å². The molecule has 0 atom stereocenters. The maximum absolute atomic E-state index is 13.4. The minimum atomic E-state index is -3.72. The van der Waals surface area contributed by atoms with Gasteiger partial charge in [-0.25, -0.2) is 8.42 Å². The molecule has 1 aliphatic heterocycles. The summed E-state index contributed by atoms with van der Waals surface area (Å²) >= 11 is 0. The third-order valence-electron chi connectivity index (χ3n) is 5.39. The lowest BCUT2D eigenvalue weighted by Gasteiger charge is -2.31. The van der Waals surface area contributed by atoms with Crippen molar-refractivity contribution < 1.29 is 13.2 Å². The minimum Gasteiger partial charge on any atom is -0.354 e. The highest BCUT2D eigenvalue weighted by atomic mass is 32.2. The number of carbonyl (C=O) groups excluding carboxylic acids is 1. The van der Waals surface area contributed by atoms with Gasteiger partial charge in [-0.2, -0.15) is 0 Å². The van der Waals surface area contributed by atoms with Gasteiger partial charge in [0, 0.05) is 25.6 Å². The maximum atomic E-state index is 13.4. The molecule has 2 aliphatic rings. The zero-order chi connectivity index (χ0) is 17.4. The van der Waals surface area contributed by atoms with Crippen LogP contribution in [0.25, 0.3) is 0 Å². The summed E-state index contributed by atoms with van der Waals surface area (Å²) in [4.78, 5) is 13.2. The zero-order valence-electron chi connectivity index (χ0n) is 14.4. The van der Waals surface area contributed by atoms with Crippen LogP contribution < -0.4 is 10.6 Å². The lowest BCUT2D eigenvalue weighted by atomic mass is 10.0. The number of hydrogen-bond donors (Lipinski definition) is 2. The molecule has 1 aliphatic carbocycles. The van der Waals surface area contributed by atoms with Gasteiger partial charge in [0.25, 0.3) is 0 Å². The van der Waals surface area contributed by atoms with E-state index < -0.39 is 14.6 Å². The first-order chi connectivity index (χ1) is 11.4. The molecular weight excluding hydrogens is 324 g/mol. The third-order valence-corrected chi connectivity index (χ3v) is 8.03. The van der Waals surface area contributed by atoms with Crippen LogP contribution in [-0.4, -0.2) is 38.7 Å². The van der Waals surface area contributed by atoms with E-state index in [1.807, 2.05) is 19.1 Å². The van der Waals surface area contributed by atoms with E-state index in [4.69, 9.17) is 0 Å². The van der Waals surface area contributed by atoms with Gasteiger partial charge in [0.1, 0.15) is 0 Å². The molecule has 1 saturated carbocycles. The normalized spacial score (nSPS) is 20.6. The number of aryl methyl sites for hydroxylation is 2. The average molecular weight is 350 g/mol. The van der Waals surface area contributed by atoms with Crippen molar-refractivity contribution in [2.75, 3.05) is 19.6 Å². The summed E-state index contributed by atoms with van der Waals surface area (Å²) in [7, 11) is -3.72. The first-order valence-corrected chi connectivity index (χ1v) is 10.2. The topological polar surface area (TPSA) is 75.3 Å². The van der Waals surface area contributed by atoms with E-state index in [2.05, 4.69) is 10.6 Å². The Morgan fingerprint density at radius 2 is 1.92 bits per heavy atom. The first-order valence-electron chi connectivity index (χ1n) is 8.68. The van der Waals surface area contributed by atoms with Crippen molar-refractivity contribution in [3.8, 4) is 0 Å². The zero-order valence-corrected chi connectivity index (χ0v) is 15.2. The van der Waals surface area contributed by atoms with E-state index in [1.165, 1.54) is 0 Å². The van der Waals surface area contributed by atoms with Crippen LogP contribution >= 0.6 is 0 Å². The van der Waals surface area contributed by atoms with Crippen LogP contribution in [0.15, 0.2) is 23.1 Å².